The van der Waals surface area contributed by atoms with Crippen molar-refractivity contribution in [3.05, 3.63) is 101 Å². The molecule has 0 aliphatic carbocycles. The predicted molar refractivity (Wildman–Crippen MR) is 141 cm³/mol. The van der Waals surface area contributed by atoms with Crippen LogP contribution in [0.3, 0.4) is 0 Å². The number of hydrogen-bond donors (Lipinski definition) is 2. The van der Waals surface area contributed by atoms with Crippen LogP contribution in [0, 0.1) is 0 Å². The molecule has 0 amide bonds. The third-order valence-electron chi connectivity index (χ3n) is 6.01. The molecule has 0 aliphatic rings. The average molecular weight is 498 g/mol. The van der Waals surface area contributed by atoms with Crippen LogP contribution in [0.25, 0.3) is 0 Å². The quantitative estimate of drug-likeness (QED) is 0.290. The van der Waals surface area contributed by atoms with Gasteiger partial charge in [-0.2, -0.15) is 0 Å². The fourth-order valence-corrected chi connectivity index (χ4v) is 4.23. The second kappa shape index (κ2) is 14.2. The third kappa shape index (κ3) is 8.95. The number of halogens is 1. The van der Waals surface area contributed by atoms with E-state index in [1.807, 2.05) is 61.5 Å². The molecule has 0 fully saturated rings. The number of rotatable bonds is 14. The molecule has 3 aromatic rings. The molecular weight excluding hydrogens is 462 g/mol. The summed E-state index contributed by atoms with van der Waals surface area (Å²) < 4.78 is 11.0. The number of benzene rings is 3. The minimum Gasteiger partial charge on any atom is -0.491 e. The van der Waals surface area contributed by atoms with Gasteiger partial charge in [0.15, 0.2) is 0 Å². The van der Waals surface area contributed by atoms with E-state index in [9.17, 15) is 10.2 Å². The van der Waals surface area contributed by atoms with Crippen molar-refractivity contribution in [3.8, 4) is 5.75 Å². The summed E-state index contributed by atoms with van der Waals surface area (Å²) in [4.78, 5) is 2.13. The van der Waals surface area contributed by atoms with Crippen molar-refractivity contribution in [3.63, 3.8) is 0 Å². The van der Waals surface area contributed by atoms with Crippen LogP contribution in [0.1, 0.15) is 42.7 Å². The molecule has 0 radical (unpaired) electrons. The van der Waals surface area contributed by atoms with Gasteiger partial charge in [0.1, 0.15) is 12.4 Å². The summed E-state index contributed by atoms with van der Waals surface area (Å²) in [7, 11) is 0. The van der Waals surface area contributed by atoms with Gasteiger partial charge in [-0.05, 0) is 61.2 Å². The van der Waals surface area contributed by atoms with Gasteiger partial charge in [0.05, 0.1) is 18.8 Å². The van der Waals surface area contributed by atoms with E-state index >= 15 is 0 Å². The van der Waals surface area contributed by atoms with Crippen molar-refractivity contribution in [1.82, 2.24) is 4.90 Å². The minimum atomic E-state index is -0.722. The Morgan fingerprint density at radius 1 is 0.829 bits per heavy atom. The molecule has 3 atom stereocenters. The van der Waals surface area contributed by atoms with E-state index in [4.69, 9.17) is 21.1 Å². The SMILES string of the molecule is CCOCCOc1ccc(C[C@@H](C)N(C[C@@H](O)c2ccccc2)C[C@@H](O)c2cccc(Cl)c2)cc1. The molecule has 0 aliphatic heterocycles. The normalized spacial score (nSPS) is 14.0. The highest BCUT2D eigenvalue weighted by Crippen LogP contribution is 2.23. The zero-order valence-electron chi connectivity index (χ0n) is 20.5. The first-order valence-electron chi connectivity index (χ1n) is 12.2. The fraction of sp³-hybridized carbons (Fsp3) is 0.379. The largest absolute Gasteiger partial charge is 0.491 e. The number of ether oxygens (including phenoxy) is 2. The van der Waals surface area contributed by atoms with Crippen LogP contribution < -0.4 is 4.74 Å². The van der Waals surface area contributed by atoms with Crippen LogP contribution in [0.4, 0.5) is 0 Å². The number of nitrogens with zero attached hydrogens (tertiary/aromatic N) is 1. The number of aliphatic hydroxyl groups is 2. The summed E-state index contributed by atoms with van der Waals surface area (Å²) >= 11 is 6.14. The van der Waals surface area contributed by atoms with Gasteiger partial charge in [-0.25, -0.2) is 0 Å². The predicted octanol–water partition coefficient (Wildman–Crippen LogP) is 5.46. The van der Waals surface area contributed by atoms with E-state index in [2.05, 4.69) is 24.0 Å². The third-order valence-corrected chi connectivity index (χ3v) is 6.25. The lowest BCUT2D eigenvalue weighted by Crippen LogP contribution is -2.40. The molecule has 3 rings (SSSR count). The molecule has 5 nitrogen and oxygen atoms in total. The molecule has 0 saturated carbocycles. The highest BCUT2D eigenvalue weighted by molar-refractivity contribution is 6.30. The standard InChI is InChI=1S/C29H36ClNO4/c1-3-34-16-17-35-27-14-12-23(13-15-27)18-22(2)31(20-28(32)24-8-5-4-6-9-24)21-29(33)25-10-7-11-26(30)19-25/h4-15,19,22,28-29,32-33H,3,16-18,20-21H2,1-2H3/t22-,28-,29-/m1/s1. The first kappa shape index (κ1) is 27.2. The van der Waals surface area contributed by atoms with Crippen molar-refractivity contribution in [2.24, 2.45) is 0 Å². The summed E-state index contributed by atoms with van der Waals surface area (Å²) in [6.07, 6.45) is -0.616. The van der Waals surface area contributed by atoms with E-state index in [1.54, 1.807) is 12.1 Å². The first-order chi connectivity index (χ1) is 17.0. The van der Waals surface area contributed by atoms with E-state index in [0.717, 1.165) is 28.9 Å². The molecule has 0 spiro atoms. The van der Waals surface area contributed by atoms with E-state index in [-0.39, 0.29) is 6.04 Å². The Morgan fingerprint density at radius 3 is 2.14 bits per heavy atom. The molecule has 0 saturated heterocycles. The molecule has 0 heterocycles. The van der Waals surface area contributed by atoms with Crippen molar-refractivity contribution in [2.75, 3.05) is 32.9 Å². The van der Waals surface area contributed by atoms with Crippen molar-refractivity contribution in [1.29, 1.82) is 0 Å². The van der Waals surface area contributed by atoms with Crippen molar-refractivity contribution >= 4 is 11.6 Å². The Hall–Kier alpha value is -2.41. The Kier molecular flexibility index (Phi) is 11.0. The second-order valence-electron chi connectivity index (χ2n) is 8.69. The number of hydrogen-bond acceptors (Lipinski definition) is 5. The Balaban J connectivity index is 1.68. The minimum absolute atomic E-state index is 0.0759. The Labute approximate surface area is 213 Å². The Morgan fingerprint density at radius 2 is 1.49 bits per heavy atom. The summed E-state index contributed by atoms with van der Waals surface area (Å²) in [5.41, 5.74) is 2.78. The lowest BCUT2D eigenvalue weighted by Gasteiger charge is -2.33. The molecule has 3 aromatic carbocycles. The van der Waals surface area contributed by atoms with Crippen molar-refractivity contribution in [2.45, 2.75) is 38.5 Å². The highest BCUT2D eigenvalue weighted by Gasteiger charge is 2.23. The van der Waals surface area contributed by atoms with Gasteiger partial charge in [0.25, 0.3) is 0 Å². The van der Waals surface area contributed by atoms with Crippen LogP contribution in [-0.4, -0.2) is 54.1 Å². The van der Waals surface area contributed by atoms with Gasteiger partial charge in [-0.15, -0.1) is 0 Å². The summed E-state index contributed by atoms with van der Waals surface area (Å²) in [5.74, 6) is 0.814. The van der Waals surface area contributed by atoms with Gasteiger partial charge in [-0.1, -0.05) is 66.2 Å². The van der Waals surface area contributed by atoms with Crippen LogP contribution in [0.15, 0.2) is 78.9 Å². The topological polar surface area (TPSA) is 62.2 Å². The molecule has 0 bridgehead atoms. The molecule has 0 aromatic heterocycles. The molecule has 0 unspecified atom stereocenters. The number of aliphatic hydroxyl groups excluding tert-OH is 2. The zero-order valence-corrected chi connectivity index (χ0v) is 21.3. The zero-order chi connectivity index (χ0) is 25.0. The smallest absolute Gasteiger partial charge is 0.119 e. The van der Waals surface area contributed by atoms with Gasteiger partial charge >= 0.3 is 0 Å². The van der Waals surface area contributed by atoms with Gasteiger partial charge in [-0.3, -0.25) is 4.90 Å². The maximum atomic E-state index is 11.0. The molecule has 188 valence electrons. The van der Waals surface area contributed by atoms with Crippen LogP contribution in [0.2, 0.25) is 5.02 Å². The summed E-state index contributed by atoms with van der Waals surface area (Å²) in [5, 5.41) is 22.5. The lowest BCUT2D eigenvalue weighted by atomic mass is 10.0. The van der Waals surface area contributed by atoms with Crippen LogP contribution in [-0.2, 0) is 11.2 Å². The Bertz CT molecular complexity index is 999. The molecular formula is C29H36ClNO4. The maximum Gasteiger partial charge on any atom is 0.119 e. The van der Waals surface area contributed by atoms with Crippen LogP contribution >= 0.6 is 11.6 Å². The maximum absolute atomic E-state index is 11.0. The summed E-state index contributed by atoms with van der Waals surface area (Å²) in [6, 6.07) is 25.0. The first-order valence-corrected chi connectivity index (χ1v) is 12.5. The molecule has 2 N–H and O–H groups in total. The molecule has 6 heteroatoms. The van der Waals surface area contributed by atoms with Gasteiger partial charge in [0.2, 0.25) is 0 Å². The fourth-order valence-electron chi connectivity index (χ4n) is 4.03. The van der Waals surface area contributed by atoms with Gasteiger partial charge < -0.3 is 19.7 Å². The van der Waals surface area contributed by atoms with E-state index < -0.39 is 12.2 Å². The van der Waals surface area contributed by atoms with E-state index in [1.165, 1.54) is 0 Å². The van der Waals surface area contributed by atoms with Crippen LogP contribution in [0.5, 0.6) is 5.75 Å². The lowest BCUT2D eigenvalue weighted by molar-refractivity contribution is 0.0480. The van der Waals surface area contributed by atoms with Crippen molar-refractivity contribution < 1.29 is 19.7 Å². The average Bonchev–Trinajstić information content (AvgIpc) is 2.87. The summed E-state index contributed by atoms with van der Waals surface area (Å²) in [6.45, 7) is 6.65. The monoisotopic (exact) mass is 497 g/mol. The van der Waals surface area contributed by atoms with E-state index in [0.29, 0.717) is 37.9 Å². The molecule has 35 heavy (non-hydrogen) atoms. The van der Waals surface area contributed by atoms with Gasteiger partial charge in [0, 0.05) is 30.8 Å². The highest BCUT2D eigenvalue weighted by atomic mass is 35.5. The second-order valence-corrected chi connectivity index (χ2v) is 9.13.